The first-order chi connectivity index (χ1) is 12.3. The molecule has 1 amide bonds. The zero-order valence-electron chi connectivity index (χ0n) is 13.9. The molecule has 26 heavy (non-hydrogen) atoms. The highest BCUT2D eigenvalue weighted by Gasteiger charge is 2.30. The molecular formula is C17H14F3N5O. The Morgan fingerprint density at radius 3 is 2.50 bits per heavy atom. The second-order valence-electron chi connectivity index (χ2n) is 5.58. The summed E-state index contributed by atoms with van der Waals surface area (Å²) < 4.78 is 39.2. The molecule has 0 radical (unpaired) electrons. The van der Waals surface area contributed by atoms with E-state index in [9.17, 15) is 18.0 Å². The summed E-state index contributed by atoms with van der Waals surface area (Å²) in [4.78, 5) is 20.4. The molecule has 0 aliphatic carbocycles. The first-order valence-corrected chi connectivity index (χ1v) is 7.59. The number of pyridine rings is 2. The van der Waals surface area contributed by atoms with Crippen molar-refractivity contribution in [2.45, 2.75) is 20.0 Å². The van der Waals surface area contributed by atoms with Crippen LogP contribution < -0.4 is 5.32 Å². The molecule has 0 spiro atoms. The van der Waals surface area contributed by atoms with Crippen LogP contribution in [-0.2, 0) is 6.18 Å². The van der Waals surface area contributed by atoms with Crippen molar-refractivity contribution in [3.63, 3.8) is 0 Å². The van der Waals surface area contributed by atoms with Gasteiger partial charge in [-0.2, -0.15) is 18.3 Å². The van der Waals surface area contributed by atoms with Gasteiger partial charge in [-0.3, -0.25) is 4.79 Å². The second kappa shape index (κ2) is 6.58. The van der Waals surface area contributed by atoms with Gasteiger partial charge >= 0.3 is 6.18 Å². The van der Waals surface area contributed by atoms with Crippen LogP contribution in [0.4, 0.5) is 19.0 Å². The van der Waals surface area contributed by atoms with Crippen LogP contribution in [0.5, 0.6) is 0 Å². The lowest BCUT2D eigenvalue weighted by Gasteiger charge is -2.08. The van der Waals surface area contributed by atoms with E-state index in [4.69, 9.17) is 0 Å². The van der Waals surface area contributed by atoms with Crippen LogP contribution in [0.25, 0.3) is 5.82 Å². The topological polar surface area (TPSA) is 72.7 Å². The number of amides is 1. The molecule has 3 aromatic rings. The molecule has 3 rings (SSSR count). The molecule has 3 aromatic heterocycles. The molecule has 0 aromatic carbocycles. The largest absolute Gasteiger partial charge is 0.417 e. The molecule has 0 aliphatic heterocycles. The van der Waals surface area contributed by atoms with E-state index in [-0.39, 0.29) is 11.4 Å². The molecule has 0 unspecified atom stereocenters. The Hall–Kier alpha value is -3.23. The van der Waals surface area contributed by atoms with Gasteiger partial charge in [-0.05, 0) is 38.1 Å². The van der Waals surface area contributed by atoms with Gasteiger partial charge in [-0.1, -0.05) is 6.07 Å². The molecule has 0 atom stereocenters. The molecule has 0 saturated heterocycles. The van der Waals surface area contributed by atoms with Crippen LogP contribution in [-0.4, -0.2) is 25.7 Å². The molecule has 6 nitrogen and oxygen atoms in total. The van der Waals surface area contributed by atoms with Crippen molar-refractivity contribution < 1.29 is 18.0 Å². The normalized spacial score (nSPS) is 11.4. The van der Waals surface area contributed by atoms with E-state index < -0.39 is 17.6 Å². The number of aryl methyl sites for hydroxylation is 1. The fourth-order valence-electron chi connectivity index (χ4n) is 2.34. The van der Waals surface area contributed by atoms with E-state index in [0.717, 1.165) is 18.0 Å². The molecule has 0 bridgehead atoms. The Bertz CT molecular complexity index is 948. The summed E-state index contributed by atoms with van der Waals surface area (Å²) in [5, 5.41) is 6.71. The third-order valence-electron chi connectivity index (χ3n) is 3.68. The lowest BCUT2D eigenvalue weighted by molar-refractivity contribution is -0.137. The van der Waals surface area contributed by atoms with Crippen molar-refractivity contribution in [1.29, 1.82) is 0 Å². The summed E-state index contributed by atoms with van der Waals surface area (Å²) in [6, 6.07) is 7.34. The zero-order chi connectivity index (χ0) is 18.9. The van der Waals surface area contributed by atoms with E-state index in [1.807, 2.05) is 0 Å². The van der Waals surface area contributed by atoms with Crippen LogP contribution in [0.15, 0.2) is 42.7 Å². The van der Waals surface area contributed by atoms with Gasteiger partial charge in [0.15, 0.2) is 5.82 Å². The average molecular weight is 361 g/mol. The summed E-state index contributed by atoms with van der Waals surface area (Å²) in [6.45, 7) is 3.43. The molecule has 9 heteroatoms. The second-order valence-corrected chi connectivity index (χ2v) is 5.58. The Morgan fingerprint density at radius 2 is 1.88 bits per heavy atom. The summed E-state index contributed by atoms with van der Waals surface area (Å²) in [7, 11) is 0. The van der Waals surface area contributed by atoms with Gasteiger partial charge in [0.2, 0.25) is 0 Å². The van der Waals surface area contributed by atoms with Crippen molar-refractivity contribution in [3.05, 3.63) is 65.2 Å². The minimum Gasteiger partial charge on any atom is -0.306 e. The number of carbonyl (C=O) groups excluding carboxylic acids is 1. The Kier molecular flexibility index (Phi) is 4.45. The maximum Gasteiger partial charge on any atom is 0.417 e. The van der Waals surface area contributed by atoms with Crippen molar-refractivity contribution in [3.8, 4) is 5.82 Å². The summed E-state index contributed by atoms with van der Waals surface area (Å²) >= 11 is 0. The highest BCUT2D eigenvalue weighted by molar-refractivity contribution is 6.04. The van der Waals surface area contributed by atoms with Crippen LogP contribution in [0, 0.1) is 13.8 Å². The number of hydrogen-bond donors (Lipinski definition) is 1. The smallest absolute Gasteiger partial charge is 0.306 e. The SMILES string of the molecule is Cc1cccc(NC(=O)c2cnn(-c3ccc(C(F)(F)F)cn3)c2C)n1. The molecule has 134 valence electrons. The summed E-state index contributed by atoms with van der Waals surface area (Å²) in [5.41, 5.74) is 0.621. The molecule has 3 heterocycles. The van der Waals surface area contributed by atoms with Gasteiger partial charge in [0.05, 0.1) is 23.0 Å². The standard InChI is InChI=1S/C17H14F3N5O/c1-10-4-3-5-14(23-10)24-16(26)13-9-22-25(11(13)2)15-7-6-12(8-21-15)17(18,19)20/h3-9H,1-2H3,(H,23,24,26). The Balaban J connectivity index is 1.84. The molecule has 0 fully saturated rings. The van der Waals surface area contributed by atoms with Crippen molar-refractivity contribution in [2.24, 2.45) is 0 Å². The minimum absolute atomic E-state index is 0.184. The van der Waals surface area contributed by atoms with Crippen molar-refractivity contribution >= 4 is 11.7 Å². The number of aromatic nitrogens is 4. The van der Waals surface area contributed by atoms with Gasteiger partial charge in [0.1, 0.15) is 5.82 Å². The van der Waals surface area contributed by atoms with E-state index in [2.05, 4.69) is 20.4 Å². The lowest BCUT2D eigenvalue weighted by Crippen LogP contribution is -2.14. The number of alkyl halides is 3. The zero-order valence-corrected chi connectivity index (χ0v) is 13.9. The van der Waals surface area contributed by atoms with E-state index in [0.29, 0.717) is 11.5 Å². The molecule has 0 aliphatic rings. The first kappa shape index (κ1) is 17.6. The summed E-state index contributed by atoms with van der Waals surface area (Å²) in [5.74, 6) is 0.164. The number of rotatable bonds is 3. The number of hydrogen-bond acceptors (Lipinski definition) is 4. The number of nitrogens with one attached hydrogen (secondary N) is 1. The molecular weight excluding hydrogens is 347 g/mol. The number of anilines is 1. The lowest BCUT2D eigenvalue weighted by atomic mass is 10.2. The molecule has 1 N–H and O–H groups in total. The number of halogens is 3. The van der Waals surface area contributed by atoms with Gasteiger partial charge < -0.3 is 5.32 Å². The Morgan fingerprint density at radius 1 is 1.12 bits per heavy atom. The highest BCUT2D eigenvalue weighted by atomic mass is 19.4. The number of carbonyl (C=O) groups is 1. The minimum atomic E-state index is -4.46. The van der Waals surface area contributed by atoms with Crippen LogP contribution in [0.3, 0.4) is 0 Å². The fraction of sp³-hybridized carbons (Fsp3) is 0.176. The van der Waals surface area contributed by atoms with E-state index in [1.165, 1.54) is 16.9 Å². The van der Waals surface area contributed by atoms with Crippen molar-refractivity contribution in [1.82, 2.24) is 19.7 Å². The predicted octanol–water partition coefficient (Wildman–Crippen LogP) is 3.55. The van der Waals surface area contributed by atoms with Gasteiger partial charge in [0.25, 0.3) is 5.91 Å². The third kappa shape index (κ3) is 3.56. The molecule has 0 saturated carbocycles. The monoisotopic (exact) mass is 361 g/mol. The van der Waals surface area contributed by atoms with Crippen LogP contribution in [0.2, 0.25) is 0 Å². The van der Waals surface area contributed by atoms with Gasteiger partial charge in [0, 0.05) is 11.9 Å². The fourth-order valence-corrected chi connectivity index (χ4v) is 2.34. The number of nitrogens with zero attached hydrogens (tertiary/aromatic N) is 4. The van der Waals surface area contributed by atoms with Crippen molar-refractivity contribution in [2.75, 3.05) is 5.32 Å². The predicted molar refractivity (Wildman–Crippen MR) is 88.0 cm³/mol. The van der Waals surface area contributed by atoms with E-state index in [1.54, 1.807) is 32.0 Å². The average Bonchev–Trinajstić information content (AvgIpc) is 2.96. The van der Waals surface area contributed by atoms with Crippen LogP contribution in [0.1, 0.15) is 27.3 Å². The maximum absolute atomic E-state index is 12.6. The third-order valence-corrected chi connectivity index (χ3v) is 3.68. The summed E-state index contributed by atoms with van der Waals surface area (Å²) in [6.07, 6.45) is -2.40. The first-order valence-electron chi connectivity index (χ1n) is 7.59. The van der Waals surface area contributed by atoms with Crippen LogP contribution >= 0.6 is 0 Å². The Labute approximate surface area is 146 Å². The maximum atomic E-state index is 12.6. The van der Waals surface area contributed by atoms with Gasteiger partial charge in [-0.25, -0.2) is 14.6 Å². The van der Waals surface area contributed by atoms with E-state index >= 15 is 0 Å². The van der Waals surface area contributed by atoms with Gasteiger partial charge in [-0.15, -0.1) is 0 Å². The highest BCUT2D eigenvalue weighted by Crippen LogP contribution is 2.28. The quantitative estimate of drug-likeness (QED) is 0.774.